The Morgan fingerprint density at radius 3 is 2.91 bits per heavy atom. The van der Waals surface area contributed by atoms with Crippen molar-refractivity contribution >= 4 is 27.1 Å². The van der Waals surface area contributed by atoms with Crippen LogP contribution in [0, 0.1) is 0 Å². The molecule has 118 valence electrons. The van der Waals surface area contributed by atoms with Crippen molar-refractivity contribution in [1.82, 2.24) is 14.3 Å². The minimum Gasteiger partial charge on any atom is -0.297 e. The highest BCUT2D eigenvalue weighted by atomic mass is 35.5. The van der Waals surface area contributed by atoms with Crippen LogP contribution in [-0.2, 0) is 16.4 Å². The Balaban J connectivity index is 1.85. The maximum Gasteiger partial charge on any atom is 0.258 e. The molecule has 0 aliphatic carbocycles. The summed E-state index contributed by atoms with van der Waals surface area (Å²) in [5, 5.41) is 0.470. The molecule has 0 aromatic carbocycles. The number of nitrogens with zero attached hydrogens (tertiary/aromatic N) is 3. The molecule has 0 N–H and O–H groups in total. The third-order valence-corrected chi connectivity index (χ3v) is 5.89. The van der Waals surface area contributed by atoms with Gasteiger partial charge in [0, 0.05) is 24.8 Å². The predicted octanol–water partition coefficient (Wildman–Crippen LogP) is 0.967. The van der Waals surface area contributed by atoms with E-state index in [2.05, 4.69) is 4.98 Å². The summed E-state index contributed by atoms with van der Waals surface area (Å²) in [4.78, 5) is 18.5. The lowest BCUT2D eigenvalue weighted by atomic mass is 10.2. The van der Waals surface area contributed by atoms with Gasteiger partial charge in [0.15, 0.2) is 9.84 Å². The molecule has 1 fully saturated rings. The molecule has 0 amide bonds. The van der Waals surface area contributed by atoms with Gasteiger partial charge in [-0.05, 0) is 25.6 Å². The number of aromatic nitrogens is 2. The fourth-order valence-electron chi connectivity index (χ4n) is 2.71. The Bertz CT molecular complexity index is 879. The van der Waals surface area contributed by atoms with Crippen LogP contribution in [-0.4, -0.2) is 47.3 Å². The SMILES string of the molecule is CN(Cc1cc(=O)n2cc(Cl)ccc2n1)[C@H]1CCS(=O)(=O)C1. The lowest BCUT2D eigenvalue weighted by Crippen LogP contribution is -2.33. The van der Waals surface area contributed by atoms with Crippen LogP contribution < -0.4 is 5.56 Å². The second-order valence-electron chi connectivity index (χ2n) is 5.63. The summed E-state index contributed by atoms with van der Waals surface area (Å²) >= 11 is 5.87. The monoisotopic (exact) mass is 341 g/mol. The summed E-state index contributed by atoms with van der Waals surface area (Å²) in [6, 6.07) is 4.81. The molecule has 3 heterocycles. The number of sulfone groups is 1. The molecule has 1 atom stereocenters. The van der Waals surface area contributed by atoms with Crippen LogP contribution in [0.4, 0.5) is 0 Å². The van der Waals surface area contributed by atoms with Gasteiger partial charge >= 0.3 is 0 Å². The molecule has 6 nitrogen and oxygen atoms in total. The number of hydrogen-bond donors (Lipinski definition) is 0. The van der Waals surface area contributed by atoms with Gasteiger partial charge in [-0.15, -0.1) is 0 Å². The third-order valence-electron chi connectivity index (χ3n) is 3.92. The first-order chi connectivity index (χ1) is 10.3. The van der Waals surface area contributed by atoms with Gasteiger partial charge in [0.25, 0.3) is 5.56 Å². The fourth-order valence-corrected chi connectivity index (χ4v) is 4.68. The summed E-state index contributed by atoms with van der Waals surface area (Å²) in [6.45, 7) is 0.439. The van der Waals surface area contributed by atoms with Crippen molar-refractivity contribution < 1.29 is 8.42 Å². The number of pyridine rings is 1. The molecule has 0 spiro atoms. The first-order valence-corrected chi connectivity index (χ1v) is 9.12. The van der Waals surface area contributed by atoms with Crippen molar-refractivity contribution in [1.29, 1.82) is 0 Å². The van der Waals surface area contributed by atoms with Crippen LogP contribution in [0.2, 0.25) is 5.02 Å². The van der Waals surface area contributed by atoms with Crippen molar-refractivity contribution in [3.8, 4) is 0 Å². The average Bonchev–Trinajstić information content (AvgIpc) is 2.80. The molecule has 2 aromatic rings. The molecule has 0 saturated carbocycles. The van der Waals surface area contributed by atoms with E-state index in [1.165, 1.54) is 16.7 Å². The zero-order chi connectivity index (χ0) is 15.9. The zero-order valence-corrected chi connectivity index (χ0v) is 13.6. The Labute approximate surface area is 133 Å². The predicted molar refractivity (Wildman–Crippen MR) is 85.0 cm³/mol. The molecule has 0 unspecified atom stereocenters. The number of fused-ring (bicyclic) bond motifs is 1. The summed E-state index contributed by atoms with van der Waals surface area (Å²) < 4.78 is 24.5. The van der Waals surface area contributed by atoms with E-state index >= 15 is 0 Å². The Morgan fingerprint density at radius 2 is 2.23 bits per heavy atom. The maximum atomic E-state index is 12.1. The van der Waals surface area contributed by atoms with Crippen molar-refractivity contribution in [2.24, 2.45) is 0 Å². The van der Waals surface area contributed by atoms with Gasteiger partial charge < -0.3 is 0 Å². The number of hydrogen-bond acceptors (Lipinski definition) is 5. The lowest BCUT2D eigenvalue weighted by Gasteiger charge is -2.22. The van der Waals surface area contributed by atoms with E-state index in [9.17, 15) is 13.2 Å². The molecule has 22 heavy (non-hydrogen) atoms. The first kappa shape index (κ1) is 15.5. The van der Waals surface area contributed by atoms with Gasteiger partial charge in [-0.3, -0.25) is 14.1 Å². The third kappa shape index (κ3) is 3.16. The fraction of sp³-hybridized carbons (Fsp3) is 0.429. The van der Waals surface area contributed by atoms with Crippen LogP contribution in [0.25, 0.3) is 5.65 Å². The van der Waals surface area contributed by atoms with Crippen LogP contribution in [0.15, 0.2) is 29.2 Å². The summed E-state index contributed by atoms with van der Waals surface area (Å²) in [6.07, 6.45) is 2.16. The van der Waals surface area contributed by atoms with Gasteiger partial charge in [-0.2, -0.15) is 0 Å². The van der Waals surface area contributed by atoms with E-state index in [0.717, 1.165) is 0 Å². The molecule has 1 saturated heterocycles. The molecule has 8 heteroatoms. The molecule has 1 aliphatic heterocycles. The number of halogens is 1. The van der Waals surface area contributed by atoms with E-state index in [0.29, 0.717) is 29.3 Å². The van der Waals surface area contributed by atoms with Crippen molar-refractivity contribution in [3.05, 3.63) is 45.5 Å². The van der Waals surface area contributed by atoms with Crippen molar-refractivity contribution in [2.45, 2.75) is 19.0 Å². The van der Waals surface area contributed by atoms with Gasteiger partial charge in [0.05, 0.1) is 22.2 Å². The minimum atomic E-state index is -2.92. The van der Waals surface area contributed by atoms with Gasteiger partial charge in [-0.1, -0.05) is 11.6 Å². The van der Waals surface area contributed by atoms with Gasteiger partial charge in [0.2, 0.25) is 0 Å². The second-order valence-corrected chi connectivity index (χ2v) is 8.30. The molecule has 2 aromatic heterocycles. The van der Waals surface area contributed by atoms with E-state index in [1.807, 2.05) is 11.9 Å². The van der Waals surface area contributed by atoms with E-state index in [4.69, 9.17) is 11.6 Å². The van der Waals surface area contributed by atoms with Crippen LogP contribution >= 0.6 is 11.6 Å². The van der Waals surface area contributed by atoms with Gasteiger partial charge in [0.1, 0.15) is 5.65 Å². The Kier molecular flexibility index (Phi) is 3.96. The van der Waals surface area contributed by atoms with E-state index < -0.39 is 9.84 Å². The quantitative estimate of drug-likeness (QED) is 0.831. The Morgan fingerprint density at radius 1 is 1.45 bits per heavy atom. The first-order valence-electron chi connectivity index (χ1n) is 6.92. The smallest absolute Gasteiger partial charge is 0.258 e. The molecular weight excluding hydrogens is 326 g/mol. The number of rotatable bonds is 3. The summed E-state index contributed by atoms with van der Waals surface area (Å²) in [7, 11) is -1.06. The summed E-state index contributed by atoms with van der Waals surface area (Å²) in [5.74, 6) is 0.403. The van der Waals surface area contributed by atoms with Crippen molar-refractivity contribution in [3.63, 3.8) is 0 Å². The lowest BCUT2D eigenvalue weighted by molar-refractivity contribution is 0.251. The molecular formula is C14H16ClN3O3S. The topological polar surface area (TPSA) is 71.8 Å². The highest BCUT2D eigenvalue weighted by molar-refractivity contribution is 7.91. The molecule has 0 radical (unpaired) electrons. The average molecular weight is 342 g/mol. The largest absolute Gasteiger partial charge is 0.297 e. The summed E-state index contributed by atoms with van der Waals surface area (Å²) in [5.41, 5.74) is 0.952. The van der Waals surface area contributed by atoms with Gasteiger partial charge in [-0.25, -0.2) is 13.4 Å². The van der Waals surface area contributed by atoms with Crippen LogP contribution in [0.3, 0.4) is 0 Å². The Hall–Kier alpha value is -1.44. The molecule has 1 aliphatic rings. The molecule has 3 rings (SSSR count). The second kappa shape index (κ2) is 5.64. The van der Waals surface area contributed by atoms with E-state index in [-0.39, 0.29) is 23.1 Å². The standard InChI is InChI=1S/C14H16ClN3O3S/c1-17(12-4-5-22(20,21)9-12)8-11-6-14(19)18-7-10(15)2-3-13(18)16-11/h2-3,6-7,12H,4-5,8-9H2,1H3/t12-/m0/s1. The normalized spacial score (nSPS) is 20.8. The highest BCUT2D eigenvalue weighted by Gasteiger charge is 2.30. The highest BCUT2D eigenvalue weighted by Crippen LogP contribution is 2.18. The maximum absolute atomic E-state index is 12.1. The van der Waals surface area contributed by atoms with Crippen LogP contribution in [0.1, 0.15) is 12.1 Å². The van der Waals surface area contributed by atoms with E-state index in [1.54, 1.807) is 12.1 Å². The minimum absolute atomic E-state index is 0.0181. The molecule has 0 bridgehead atoms. The van der Waals surface area contributed by atoms with Crippen LogP contribution in [0.5, 0.6) is 0 Å². The van der Waals surface area contributed by atoms with Crippen molar-refractivity contribution in [2.75, 3.05) is 18.6 Å². The zero-order valence-electron chi connectivity index (χ0n) is 12.1.